The predicted octanol–water partition coefficient (Wildman–Crippen LogP) is 0.256. The highest BCUT2D eigenvalue weighted by atomic mass is 32.2. The molecule has 9 nitrogen and oxygen atoms in total. The van der Waals surface area contributed by atoms with Crippen LogP contribution in [0.15, 0.2) is 11.2 Å². The second kappa shape index (κ2) is 8.20. The van der Waals surface area contributed by atoms with Gasteiger partial charge in [0, 0.05) is 52.4 Å². The zero-order valence-electron chi connectivity index (χ0n) is 16.7. The minimum absolute atomic E-state index is 0.00833. The van der Waals surface area contributed by atoms with Crippen molar-refractivity contribution in [2.75, 3.05) is 26.2 Å². The molecule has 3 rings (SSSR count). The first-order valence-electron chi connectivity index (χ1n) is 9.77. The molecule has 0 aromatic carbocycles. The van der Waals surface area contributed by atoms with Crippen LogP contribution in [0.5, 0.6) is 0 Å². The monoisotopic (exact) mass is 411 g/mol. The Hall–Kier alpha value is -1.94. The van der Waals surface area contributed by atoms with Crippen molar-refractivity contribution in [1.29, 1.82) is 0 Å². The average Bonchev–Trinajstić information content (AvgIpc) is 3.23. The van der Waals surface area contributed by atoms with Gasteiger partial charge in [-0.1, -0.05) is 6.42 Å². The number of hydrogen-bond acceptors (Lipinski definition) is 5. The molecule has 1 aromatic rings. The van der Waals surface area contributed by atoms with Crippen molar-refractivity contribution < 1.29 is 18.0 Å². The first kappa shape index (κ1) is 20.8. The largest absolute Gasteiger partial charge is 0.354 e. The van der Waals surface area contributed by atoms with Crippen LogP contribution < -0.4 is 5.32 Å². The maximum atomic E-state index is 13.1. The standard InChI is InChI=1S/C18H29N5O4S/c1-13-20-17(12-21(13)3)28(26,27)22-9-5-10-23(14(2)24)16-7-4-6-15(16)18(25)19-8-11-22/h12,15-16H,4-11H2,1-3H3,(H,19,25)/t15-,16+/m1/s1. The minimum Gasteiger partial charge on any atom is -0.354 e. The summed E-state index contributed by atoms with van der Waals surface area (Å²) in [5.41, 5.74) is 0. The summed E-state index contributed by atoms with van der Waals surface area (Å²) in [5, 5.41) is 2.88. The number of hydrogen-bond donors (Lipinski definition) is 1. The molecule has 1 saturated heterocycles. The van der Waals surface area contributed by atoms with Gasteiger partial charge in [-0.05, 0) is 26.2 Å². The summed E-state index contributed by atoms with van der Waals surface area (Å²) in [5.74, 6) is 0.228. The number of carbonyl (C=O) groups is 2. The van der Waals surface area contributed by atoms with E-state index in [1.807, 2.05) is 0 Å². The quantitative estimate of drug-likeness (QED) is 0.752. The summed E-state index contributed by atoms with van der Waals surface area (Å²) >= 11 is 0. The third kappa shape index (κ3) is 4.07. The highest BCUT2D eigenvalue weighted by Crippen LogP contribution is 2.31. The van der Waals surface area contributed by atoms with Gasteiger partial charge in [-0.15, -0.1) is 0 Å². The van der Waals surface area contributed by atoms with Crippen LogP contribution in [0.3, 0.4) is 0 Å². The molecule has 0 spiro atoms. The smallest absolute Gasteiger partial charge is 0.262 e. The Morgan fingerprint density at radius 3 is 2.61 bits per heavy atom. The van der Waals surface area contributed by atoms with E-state index in [2.05, 4.69) is 10.3 Å². The average molecular weight is 412 g/mol. The van der Waals surface area contributed by atoms with Crippen molar-refractivity contribution in [3.63, 3.8) is 0 Å². The Labute approximate surface area is 166 Å². The van der Waals surface area contributed by atoms with Gasteiger partial charge in [-0.2, -0.15) is 4.31 Å². The number of nitrogens with one attached hydrogen (secondary N) is 1. The lowest BCUT2D eigenvalue weighted by atomic mass is 10.0. The van der Waals surface area contributed by atoms with E-state index in [0.717, 1.165) is 19.3 Å². The van der Waals surface area contributed by atoms with Gasteiger partial charge in [-0.25, -0.2) is 13.4 Å². The van der Waals surface area contributed by atoms with Gasteiger partial charge < -0.3 is 14.8 Å². The van der Waals surface area contributed by atoms with Gasteiger partial charge in [0.15, 0.2) is 5.03 Å². The van der Waals surface area contributed by atoms with Gasteiger partial charge in [0.2, 0.25) is 11.8 Å². The molecule has 1 aliphatic carbocycles. The fourth-order valence-corrected chi connectivity index (χ4v) is 5.67. The Bertz CT molecular complexity index is 831. The van der Waals surface area contributed by atoms with Crippen molar-refractivity contribution in [2.24, 2.45) is 13.0 Å². The number of amides is 2. The van der Waals surface area contributed by atoms with Crippen LogP contribution in [0.25, 0.3) is 0 Å². The van der Waals surface area contributed by atoms with Crippen molar-refractivity contribution >= 4 is 21.8 Å². The van der Waals surface area contributed by atoms with E-state index < -0.39 is 10.0 Å². The summed E-state index contributed by atoms with van der Waals surface area (Å²) in [6.45, 7) is 4.40. The lowest BCUT2D eigenvalue weighted by molar-refractivity contribution is -0.134. The third-order valence-corrected chi connectivity index (χ3v) is 7.55. The molecule has 10 heteroatoms. The molecule has 2 amide bonds. The maximum absolute atomic E-state index is 13.1. The van der Waals surface area contributed by atoms with Crippen molar-refractivity contribution in [3.05, 3.63) is 12.0 Å². The number of imidazole rings is 1. The second-order valence-corrected chi connectivity index (χ2v) is 9.49. The van der Waals surface area contributed by atoms with E-state index in [0.29, 0.717) is 18.8 Å². The molecule has 0 unspecified atom stereocenters. The van der Waals surface area contributed by atoms with Crippen LogP contribution in [0.1, 0.15) is 38.4 Å². The molecular weight excluding hydrogens is 382 g/mol. The highest BCUT2D eigenvalue weighted by Gasteiger charge is 2.38. The third-order valence-electron chi connectivity index (χ3n) is 5.78. The predicted molar refractivity (Wildman–Crippen MR) is 103 cm³/mol. The number of fused-ring (bicyclic) bond motifs is 1. The number of rotatable bonds is 2. The minimum atomic E-state index is -3.77. The van der Waals surface area contributed by atoms with Crippen LogP contribution in [-0.2, 0) is 26.7 Å². The van der Waals surface area contributed by atoms with Crippen molar-refractivity contribution in [2.45, 2.75) is 50.6 Å². The van der Waals surface area contributed by atoms with Crippen LogP contribution >= 0.6 is 0 Å². The summed E-state index contributed by atoms with van der Waals surface area (Å²) in [4.78, 5) is 30.7. The van der Waals surface area contributed by atoms with Gasteiger partial charge in [0.05, 0.1) is 5.92 Å². The van der Waals surface area contributed by atoms with Crippen LogP contribution in [0, 0.1) is 12.8 Å². The molecule has 28 heavy (non-hydrogen) atoms. The molecule has 1 saturated carbocycles. The second-order valence-electron chi connectivity index (χ2n) is 7.60. The number of aromatic nitrogens is 2. The number of nitrogens with zero attached hydrogens (tertiary/aromatic N) is 4. The first-order chi connectivity index (χ1) is 13.2. The normalized spacial score (nSPS) is 25.1. The van der Waals surface area contributed by atoms with E-state index in [9.17, 15) is 18.0 Å². The number of carbonyl (C=O) groups excluding carboxylic acids is 2. The zero-order chi connectivity index (χ0) is 20.5. The maximum Gasteiger partial charge on any atom is 0.262 e. The molecule has 156 valence electrons. The van der Waals surface area contributed by atoms with Crippen LogP contribution in [0.4, 0.5) is 0 Å². The Morgan fingerprint density at radius 2 is 1.96 bits per heavy atom. The van der Waals surface area contributed by atoms with E-state index >= 15 is 0 Å². The Balaban J connectivity index is 1.83. The Kier molecular flexibility index (Phi) is 6.09. The van der Waals surface area contributed by atoms with Crippen LogP contribution in [-0.4, -0.2) is 71.2 Å². The topological polar surface area (TPSA) is 105 Å². The lowest BCUT2D eigenvalue weighted by Crippen LogP contribution is -2.46. The fraction of sp³-hybridized carbons (Fsp3) is 0.722. The summed E-state index contributed by atoms with van der Waals surface area (Å²) in [6.07, 6.45) is 4.51. The molecular formula is C18H29N5O4S. The lowest BCUT2D eigenvalue weighted by Gasteiger charge is -2.31. The summed E-state index contributed by atoms with van der Waals surface area (Å²) < 4.78 is 29.1. The van der Waals surface area contributed by atoms with Gasteiger partial charge >= 0.3 is 0 Å². The zero-order valence-corrected chi connectivity index (χ0v) is 17.5. The van der Waals surface area contributed by atoms with Crippen molar-refractivity contribution in [3.8, 4) is 0 Å². The van der Waals surface area contributed by atoms with E-state index in [1.165, 1.54) is 17.4 Å². The Morgan fingerprint density at radius 1 is 1.21 bits per heavy atom. The van der Waals surface area contributed by atoms with Crippen LogP contribution in [0.2, 0.25) is 0 Å². The summed E-state index contributed by atoms with van der Waals surface area (Å²) in [6, 6.07) is -0.0981. The van der Waals surface area contributed by atoms with E-state index in [1.54, 1.807) is 23.4 Å². The van der Waals surface area contributed by atoms with Gasteiger partial charge in [0.1, 0.15) is 5.82 Å². The molecule has 2 heterocycles. The number of aryl methyl sites for hydroxylation is 2. The van der Waals surface area contributed by atoms with E-state index in [-0.39, 0.29) is 48.4 Å². The molecule has 1 N–H and O–H groups in total. The molecule has 0 bridgehead atoms. The first-order valence-corrected chi connectivity index (χ1v) is 11.2. The fourth-order valence-electron chi connectivity index (χ4n) is 4.16. The van der Waals surface area contributed by atoms with Gasteiger partial charge in [0.25, 0.3) is 10.0 Å². The molecule has 2 aliphatic rings. The molecule has 0 radical (unpaired) electrons. The van der Waals surface area contributed by atoms with E-state index in [4.69, 9.17) is 0 Å². The molecule has 1 aliphatic heterocycles. The molecule has 2 fully saturated rings. The van der Waals surface area contributed by atoms with Gasteiger partial charge in [-0.3, -0.25) is 9.59 Å². The highest BCUT2D eigenvalue weighted by molar-refractivity contribution is 7.89. The SMILES string of the molecule is CC(=O)N1CCCN(S(=O)(=O)c2cn(C)c(C)n2)CCNC(=O)[C@@H]2CCC[C@@H]21. The number of sulfonamides is 1. The van der Waals surface area contributed by atoms with Crippen molar-refractivity contribution in [1.82, 2.24) is 24.1 Å². The summed E-state index contributed by atoms with van der Waals surface area (Å²) in [7, 11) is -2.02. The molecule has 1 aromatic heterocycles. The molecule has 2 atom stereocenters.